The SMILES string of the molecule is Fc1cc(C(Br)C2CCC3CCCCC3C2)c(F)cc1Br. The third-order valence-corrected chi connectivity index (χ3v) is 7.18. The predicted octanol–water partition coefficient (Wildman–Crippen LogP) is 6.77. The number of fused-ring (bicyclic) bond motifs is 1. The van der Waals surface area contributed by atoms with E-state index in [0.717, 1.165) is 24.7 Å². The van der Waals surface area contributed by atoms with Gasteiger partial charge < -0.3 is 0 Å². The topological polar surface area (TPSA) is 0 Å². The van der Waals surface area contributed by atoms with E-state index in [2.05, 4.69) is 31.9 Å². The molecule has 0 N–H and O–H groups in total. The molecule has 2 fully saturated rings. The number of alkyl halides is 1. The van der Waals surface area contributed by atoms with E-state index in [-0.39, 0.29) is 20.9 Å². The van der Waals surface area contributed by atoms with E-state index in [1.165, 1.54) is 44.2 Å². The minimum absolute atomic E-state index is 0.0806. The average Bonchev–Trinajstić information content (AvgIpc) is 2.50. The van der Waals surface area contributed by atoms with Gasteiger partial charge in [0.15, 0.2) is 0 Å². The summed E-state index contributed by atoms with van der Waals surface area (Å²) in [6.07, 6.45) is 8.91. The van der Waals surface area contributed by atoms with Crippen LogP contribution in [-0.4, -0.2) is 0 Å². The van der Waals surface area contributed by atoms with Gasteiger partial charge in [0.25, 0.3) is 0 Å². The van der Waals surface area contributed by atoms with E-state index in [1.54, 1.807) is 0 Å². The second-order valence-corrected chi connectivity index (χ2v) is 8.41. The van der Waals surface area contributed by atoms with Gasteiger partial charge in [0, 0.05) is 10.4 Å². The molecule has 0 saturated heterocycles. The molecule has 2 aliphatic rings. The smallest absolute Gasteiger partial charge is 0.137 e. The van der Waals surface area contributed by atoms with Gasteiger partial charge in [-0.05, 0) is 65.1 Å². The number of hydrogen-bond acceptors (Lipinski definition) is 0. The highest BCUT2D eigenvalue weighted by Gasteiger charge is 2.35. The van der Waals surface area contributed by atoms with Gasteiger partial charge in [-0.25, -0.2) is 8.78 Å². The molecule has 0 aliphatic heterocycles. The lowest BCUT2D eigenvalue weighted by atomic mass is 9.66. The van der Waals surface area contributed by atoms with Crippen LogP contribution in [0.5, 0.6) is 0 Å². The lowest BCUT2D eigenvalue weighted by Crippen LogP contribution is -2.29. The van der Waals surface area contributed by atoms with E-state index < -0.39 is 0 Å². The molecule has 0 amide bonds. The van der Waals surface area contributed by atoms with Gasteiger partial charge in [-0.15, -0.1) is 0 Å². The maximum atomic E-state index is 14.1. The van der Waals surface area contributed by atoms with Gasteiger partial charge >= 0.3 is 0 Å². The van der Waals surface area contributed by atoms with E-state index in [9.17, 15) is 8.78 Å². The molecule has 0 heterocycles. The summed E-state index contributed by atoms with van der Waals surface area (Å²) in [5, 5.41) is 0. The Kier molecular flexibility index (Phi) is 5.04. The first-order valence-corrected chi connectivity index (χ1v) is 9.55. The van der Waals surface area contributed by atoms with Crippen LogP contribution in [-0.2, 0) is 0 Å². The maximum absolute atomic E-state index is 14.1. The quantitative estimate of drug-likeness (QED) is 0.365. The standard InChI is InChI=1S/C17H20Br2F2/c18-14-9-15(20)13(8-16(14)21)17(19)12-6-5-10-3-1-2-4-11(10)7-12/h8-12,17H,1-7H2. The average molecular weight is 422 g/mol. The molecule has 116 valence electrons. The predicted molar refractivity (Wildman–Crippen MR) is 88.5 cm³/mol. The molecule has 4 atom stereocenters. The lowest BCUT2D eigenvalue weighted by Gasteiger charge is -2.41. The summed E-state index contributed by atoms with van der Waals surface area (Å²) >= 11 is 6.69. The van der Waals surface area contributed by atoms with Crippen LogP contribution in [0.25, 0.3) is 0 Å². The van der Waals surface area contributed by atoms with E-state index in [1.807, 2.05) is 0 Å². The largest absolute Gasteiger partial charge is 0.207 e. The Morgan fingerprint density at radius 1 is 0.952 bits per heavy atom. The van der Waals surface area contributed by atoms with E-state index in [0.29, 0.717) is 11.5 Å². The lowest BCUT2D eigenvalue weighted by molar-refractivity contribution is 0.128. The molecular formula is C17H20Br2F2. The Morgan fingerprint density at radius 2 is 1.67 bits per heavy atom. The molecule has 0 bridgehead atoms. The fraction of sp³-hybridized carbons (Fsp3) is 0.647. The molecule has 0 aromatic heterocycles. The second kappa shape index (κ2) is 6.66. The summed E-state index contributed by atoms with van der Waals surface area (Å²) in [6.45, 7) is 0. The summed E-state index contributed by atoms with van der Waals surface area (Å²) in [5.74, 6) is 1.37. The molecule has 0 radical (unpaired) electrons. The van der Waals surface area contributed by atoms with E-state index in [4.69, 9.17) is 0 Å². The molecule has 2 aliphatic carbocycles. The minimum Gasteiger partial charge on any atom is -0.207 e. The normalized spacial score (nSPS) is 30.8. The molecule has 21 heavy (non-hydrogen) atoms. The molecule has 1 aromatic carbocycles. The summed E-state index contributed by atoms with van der Waals surface area (Å²) in [4.78, 5) is -0.0806. The third-order valence-electron chi connectivity index (χ3n) is 5.33. The van der Waals surface area contributed by atoms with Crippen LogP contribution in [0.4, 0.5) is 8.78 Å². The maximum Gasteiger partial charge on any atom is 0.137 e. The highest BCUT2D eigenvalue weighted by Crippen LogP contribution is 2.49. The van der Waals surface area contributed by atoms with Crippen molar-refractivity contribution in [2.24, 2.45) is 17.8 Å². The Balaban J connectivity index is 1.76. The molecule has 3 rings (SSSR count). The van der Waals surface area contributed by atoms with Crippen LogP contribution in [0.2, 0.25) is 0 Å². The van der Waals surface area contributed by atoms with Crippen LogP contribution in [0.3, 0.4) is 0 Å². The van der Waals surface area contributed by atoms with Crippen LogP contribution in [0.1, 0.15) is 55.3 Å². The first kappa shape index (κ1) is 15.9. The van der Waals surface area contributed by atoms with Crippen LogP contribution in [0.15, 0.2) is 16.6 Å². The minimum atomic E-state index is -0.387. The molecule has 4 heteroatoms. The van der Waals surface area contributed by atoms with Gasteiger partial charge in [0.2, 0.25) is 0 Å². The van der Waals surface area contributed by atoms with Crippen molar-refractivity contribution in [3.8, 4) is 0 Å². The molecular weight excluding hydrogens is 402 g/mol. The summed E-state index contributed by atoms with van der Waals surface area (Å²) < 4.78 is 28.1. The van der Waals surface area contributed by atoms with Crippen molar-refractivity contribution in [3.63, 3.8) is 0 Å². The molecule has 4 unspecified atom stereocenters. The van der Waals surface area contributed by atoms with Crippen molar-refractivity contribution >= 4 is 31.9 Å². The van der Waals surface area contributed by atoms with Crippen molar-refractivity contribution in [3.05, 3.63) is 33.8 Å². The molecule has 0 spiro atoms. The molecule has 2 saturated carbocycles. The van der Waals surface area contributed by atoms with Gasteiger partial charge in [-0.3, -0.25) is 0 Å². The van der Waals surface area contributed by atoms with Crippen LogP contribution in [0, 0.1) is 29.4 Å². The number of hydrogen-bond donors (Lipinski definition) is 0. The van der Waals surface area contributed by atoms with Crippen molar-refractivity contribution < 1.29 is 8.78 Å². The van der Waals surface area contributed by atoms with Crippen LogP contribution < -0.4 is 0 Å². The third kappa shape index (κ3) is 3.36. The van der Waals surface area contributed by atoms with Crippen LogP contribution >= 0.6 is 31.9 Å². The van der Waals surface area contributed by atoms with Crippen molar-refractivity contribution in [1.29, 1.82) is 0 Å². The highest BCUT2D eigenvalue weighted by molar-refractivity contribution is 9.10. The molecule has 1 aromatic rings. The van der Waals surface area contributed by atoms with Crippen molar-refractivity contribution in [1.82, 2.24) is 0 Å². The number of rotatable bonds is 2. The Labute approximate surface area is 142 Å². The summed E-state index contributed by atoms with van der Waals surface area (Å²) in [6, 6.07) is 2.58. The highest BCUT2D eigenvalue weighted by atomic mass is 79.9. The second-order valence-electron chi connectivity index (χ2n) is 6.57. The first-order valence-electron chi connectivity index (χ1n) is 7.84. The zero-order valence-electron chi connectivity index (χ0n) is 11.9. The van der Waals surface area contributed by atoms with Gasteiger partial charge in [0.1, 0.15) is 11.6 Å². The monoisotopic (exact) mass is 420 g/mol. The number of halogens is 4. The van der Waals surface area contributed by atoms with Gasteiger partial charge in [-0.2, -0.15) is 0 Å². The number of benzene rings is 1. The van der Waals surface area contributed by atoms with E-state index >= 15 is 0 Å². The van der Waals surface area contributed by atoms with Crippen molar-refractivity contribution in [2.45, 2.75) is 49.8 Å². The zero-order chi connectivity index (χ0) is 15.0. The molecule has 0 nitrogen and oxygen atoms in total. The first-order chi connectivity index (χ1) is 10.1. The van der Waals surface area contributed by atoms with Crippen molar-refractivity contribution in [2.75, 3.05) is 0 Å². The Bertz CT molecular complexity index is 518. The summed E-state index contributed by atoms with van der Waals surface area (Å²) in [5.41, 5.74) is 0.468. The van der Waals surface area contributed by atoms with Gasteiger partial charge in [-0.1, -0.05) is 41.6 Å². The fourth-order valence-electron chi connectivity index (χ4n) is 4.18. The van der Waals surface area contributed by atoms with Gasteiger partial charge in [0.05, 0.1) is 4.47 Å². The zero-order valence-corrected chi connectivity index (χ0v) is 15.1. The summed E-state index contributed by atoms with van der Waals surface area (Å²) in [7, 11) is 0. The Hall–Kier alpha value is 0.0400. The fourth-order valence-corrected chi connectivity index (χ4v) is 5.33. The Morgan fingerprint density at radius 3 is 2.43 bits per heavy atom.